The van der Waals surface area contributed by atoms with Gasteiger partial charge in [0.15, 0.2) is 0 Å². The van der Waals surface area contributed by atoms with Gasteiger partial charge >= 0.3 is 0 Å². The molecule has 0 aromatic carbocycles. The van der Waals surface area contributed by atoms with E-state index >= 15 is 0 Å². The normalized spacial score (nSPS) is 41.8. The van der Waals surface area contributed by atoms with E-state index in [9.17, 15) is 4.79 Å². The van der Waals surface area contributed by atoms with Crippen molar-refractivity contribution in [3.05, 3.63) is 0 Å². The molecule has 0 spiro atoms. The first-order valence-electron chi connectivity index (χ1n) is 7.97. The highest BCUT2D eigenvalue weighted by molar-refractivity contribution is 9.09. The number of carbonyl (C=O) groups is 1. The lowest BCUT2D eigenvalue weighted by Crippen LogP contribution is -2.47. The van der Waals surface area contributed by atoms with Crippen molar-refractivity contribution in [2.24, 2.45) is 5.92 Å². The summed E-state index contributed by atoms with van der Waals surface area (Å²) < 4.78 is 0. The van der Waals surface area contributed by atoms with Gasteiger partial charge in [-0.1, -0.05) is 15.9 Å². The molecule has 1 saturated carbocycles. The third-order valence-electron chi connectivity index (χ3n) is 5.12. The second-order valence-corrected chi connectivity index (χ2v) is 9.88. The number of nitrogens with zero attached hydrogens (tertiary/aromatic N) is 1. The molecule has 3 nitrogen and oxygen atoms in total. The molecule has 0 radical (unpaired) electrons. The minimum Gasteiger partial charge on any atom is -0.352 e. The molecule has 5 atom stereocenters. The number of hydrogen-bond acceptors (Lipinski definition) is 3. The van der Waals surface area contributed by atoms with Crippen LogP contribution in [0.5, 0.6) is 0 Å². The number of carbonyl (C=O) groups excluding carboxylic acids is 1. The molecule has 21 heavy (non-hydrogen) atoms. The van der Waals surface area contributed by atoms with E-state index in [0.717, 1.165) is 38.8 Å². The molecule has 0 aromatic rings. The third-order valence-corrected chi connectivity index (χ3v) is 8.37. The first-order chi connectivity index (χ1) is 10.0. The average Bonchev–Trinajstić information content (AvgIpc) is 2.78. The number of thioether (sulfide) groups is 1. The molecule has 2 heterocycles. The Morgan fingerprint density at radius 3 is 2.71 bits per heavy atom. The molecule has 1 N–H and O–H groups in total. The monoisotopic (exact) mass is 394 g/mol. The van der Waals surface area contributed by atoms with Gasteiger partial charge in [-0.3, -0.25) is 4.79 Å². The molecule has 3 aliphatic rings. The van der Waals surface area contributed by atoms with Crippen LogP contribution < -0.4 is 5.32 Å². The maximum atomic E-state index is 12.6. The Labute approximate surface area is 145 Å². The Hall–Kier alpha value is 0.550. The van der Waals surface area contributed by atoms with E-state index in [1.54, 1.807) is 0 Å². The van der Waals surface area contributed by atoms with Gasteiger partial charge in [-0.05, 0) is 58.2 Å². The number of amides is 1. The zero-order chi connectivity index (χ0) is 15.0. The second kappa shape index (κ2) is 6.98. The molecular formula is C15H24BrClN2OS. The summed E-state index contributed by atoms with van der Waals surface area (Å²) in [4.78, 5) is 15.5. The highest BCUT2D eigenvalue weighted by Crippen LogP contribution is 2.49. The van der Waals surface area contributed by atoms with Gasteiger partial charge < -0.3 is 10.2 Å². The third kappa shape index (κ3) is 3.73. The Morgan fingerprint density at radius 1 is 1.29 bits per heavy atom. The number of piperidine rings is 1. The number of rotatable bonds is 2. The van der Waals surface area contributed by atoms with Crippen LogP contribution in [0.15, 0.2) is 0 Å². The lowest BCUT2D eigenvalue weighted by atomic mass is 9.85. The second-order valence-electron chi connectivity index (χ2n) is 6.70. The highest BCUT2D eigenvalue weighted by Gasteiger charge is 2.48. The molecule has 1 amide bonds. The van der Waals surface area contributed by atoms with Crippen LogP contribution in [0.25, 0.3) is 0 Å². The summed E-state index contributed by atoms with van der Waals surface area (Å²) in [6, 6.07) is 0.338. The van der Waals surface area contributed by atoms with E-state index in [1.165, 1.54) is 6.42 Å². The molecule has 2 aliphatic heterocycles. The number of likely N-dealkylation sites (tertiary alicyclic amines) is 1. The van der Waals surface area contributed by atoms with Crippen molar-refractivity contribution in [3.8, 4) is 0 Å². The molecule has 3 rings (SSSR count). The highest BCUT2D eigenvalue weighted by atomic mass is 79.9. The van der Waals surface area contributed by atoms with Gasteiger partial charge in [0.25, 0.3) is 0 Å². The molecular weight excluding hydrogens is 372 g/mol. The summed E-state index contributed by atoms with van der Waals surface area (Å²) in [5, 5.41) is 3.75. The number of alkyl halides is 2. The first kappa shape index (κ1) is 16.4. The molecule has 120 valence electrons. The number of nitrogens with one attached hydrogen (secondary N) is 1. The van der Waals surface area contributed by atoms with Crippen molar-refractivity contribution in [1.29, 1.82) is 0 Å². The first-order valence-corrected chi connectivity index (χ1v) is 10.3. The van der Waals surface area contributed by atoms with E-state index in [1.807, 2.05) is 11.8 Å². The van der Waals surface area contributed by atoms with Crippen molar-refractivity contribution in [2.75, 3.05) is 20.1 Å². The van der Waals surface area contributed by atoms with Gasteiger partial charge in [0.2, 0.25) is 5.91 Å². The SMILES string of the molecule is CN1CCC(NC(=O)C2SC3CC(Br)CCC3C2Cl)CC1. The van der Waals surface area contributed by atoms with Gasteiger partial charge in [0, 0.05) is 16.1 Å². The molecule has 1 aliphatic carbocycles. The van der Waals surface area contributed by atoms with Crippen LogP contribution >= 0.6 is 39.3 Å². The van der Waals surface area contributed by atoms with E-state index in [0.29, 0.717) is 22.0 Å². The Kier molecular flexibility index (Phi) is 5.45. The summed E-state index contributed by atoms with van der Waals surface area (Å²) in [6.07, 6.45) is 5.61. The molecule has 3 fully saturated rings. The topological polar surface area (TPSA) is 32.3 Å². The van der Waals surface area contributed by atoms with Gasteiger partial charge in [-0.2, -0.15) is 0 Å². The van der Waals surface area contributed by atoms with Gasteiger partial charge in [0.1, 0.15) is 5.25 Å². The largest absolute Gasteiger partial charge is 0.352 e. The summed E-state index contributed by atoms with van der Waals surface area (Å²) in [5.74, 6) is 0.689. The zero-order valence-corrected chi connectivity index (χ0v) is 15.6. The quantitative estimate of drug-likeness (QED) is 0.730. The van der Waals surface area contributed by atoms with E-state index < -0.39 is 0 Å². The standard InChI is InChI=1S/C15H24BrClN2OS/c1-19-6-4-10(5-7-19)18-15(20)14-13(17)11-3-2-9(16)8-12(11)21-14/h9-14H,2-8H2,1H3,(H,18,20). The van der Waals surface area contributed by atoms with Crippen LogP contribution in [0.2, 0.25) is 0 Å². The Balaban J connectivity index is 1.55. The van der Waals surface area contributed by atoms with Gasteiger partial charge in [-0.25, -0.2) is 0 Å². The van der Waals surface area contributed by atoms with Crippen LogP contribution in [0.1, 0.15) is 32.1 Å². The molecule has 2 saturated heterocycles. The van der Waals surface area contributed by atoms with Gasteiger partial charge in [-0.15, -0.1) is 23.4 Å². The average molecular weight is 396 g/mol. The smallest absolute Gasteiger partial charge is 0.234 e. The fraction of sp³-hybridized carbons (Fsp3) is 0.933. The van der Waals surface area contributed by atoms with Crippen molar-refractivity contribution in [1.82, 2.24) is 10.2 Å². The van der Waals surface area contributed by atoms with Crippen LogP contribution in [0.3, 0.4) is 0 Å². The molecule has 5 unspecified atom stereocenters. The van der Waals surface area contributed by atoms with Crippen LogP contribution in [0, 0.1) is 5.92 Å². The lowest BCUT2D eigenvalue weighted by molar-refractivity contribution is -0.121. The minimum atomic E-state index is -0.0564. The number of fused-ring (bicyclic) bond motifs is 1. The summed E-state index contributed by atoms with van der Waals surface area (Å²) in [6.45, 7) is 2.15. The molecule has 0 aromatic heterocycles. The number of hydrogen-bond donors (Lipinski definition) is 1. The summed E-state index contributed by atoms with van der Waals surface area (Å²) >= 11 is 12.2. The Bertz CT molecular complexity index is 392. The fourth-order valence-electron chi connectivity index (χ4n) is 3.76. The Morgan fingerprint density at radius 2 is 2.00 bits per heavy atom. The van der Waals surface area contributed by atoms with Crippen LogP contribution in [0.4, 0.5) is 0 Å². The predicted molar refractivity (Wildman–Crippen MR) is 93.5 cm³/mol. The van der Waals surface area contributed by atoms with E-state index in [-0.39, 0.29) is 16.5 Å². The van der Waals surface area contributed by atoms with Crippen molar-refractivity contribution in [3.63, 3.8) is 0 Å². The molecule has 6 heteroatoms. The molecule has 0 bridgehead atoms. The van der Waals surface area contributed by atoms with Crippen molar-refractivity contribution >= 4 is 45.2 Å². The minimum absolute atomic E-state index is 0.00580. The van der Waals surface area contributed by atoms with Crippen LogP contribution in [-0.2, 0) is 4.79 Å². The predicted octanol–water partition coefficient (Wildman–Crippen LogP) is 2.85. The summed E-state index contributed by atoms with van der Waals surface area (Å²) in [7, 11) is 2.14. The van der Waals surface area contributed by atoms with E-state index in [4.69, 9.17) is 11.6 Å². The zero-order valence-electron chi connectivity index (χ0n) is 12.4. The van der Waals surface area contributed by atoms with Crippen LogP contribution in [-0.4, -0.2) is 57.7 Å². The lowest BCUT2D eigenvalue weighted by Gasteiger charge is -2.30. The maximum absolute atomic E-state index is 12.6. The number of halogens is 2. The van der Waals surface area contributed by atoms with Crippen molar-refractivity contribution in [2.45, 2.75) is 58.9 Å². The van der Waals surface area contributed by atoms with Crippen molar-refractivity contribution < 1.29 is 4.79 Å². The maximum Gasteiger partial charge on any atom is 0.234 e. The summed E-state index contributed by atoms with van der Waals surface area (Å²) in [5.41, 5.74) is 0. The van der Waals surface area contributed by atoms with E-state index in [2.05, 4.69) is 33.2 Å². The van der Waals surface area contributed by atoms with Gasteiger partial charge in [0.05, 0.1) is 5.38 Å². The fourth-order valence-corrected chi connectivity index (χ4v) is 7.12.